The largest absolute Gasteiger partial charge is 0.361 e. The lowest BCUT2D eigenvalue weighted by atomic mass is 9.65. The summed E-state index contributed by atoms with van der Waals surface area (Å²) in [6.45, 7) is 8.02. The Morgan fingerprint density at radius 3 is 2.96 bits per heavy atom. The molecule has 3 atom stereocenters. The number of para-hydroxylation sites is 1. The number of nitrogens with one attached hydrogen (secondary N) is 1. The maximum Gasteiger partial charge on any atom is 0.227 e. The molecule has 4 rings (SSSR count). The summed E-state index contributed by atoms with van der Waals surface area (Å²) in [5.74, 6) is 1.57. The van der Waals surface area contributed by atoms with Crippen LogP contribution in [0.1, 0.15) is 39.2 Å². The normalized spacial score (nSPS) is 29.2. The van der Waals surface area contributed by atoms with Crippen LogP contribution in [0.25, 0.3) is 10.9 Å². The van der Waals surface area contributed by atoms with Crippen LogP contribution in [0.5, 0.6) is 0 Å². The number of benzene rings is 1. The van der Waals surface area contributed by atoms with Crippen molar-refractivity contribution in [1.29, 1.82) is 0 Å². The standard InChI is InChI=1S/C20H26N2O/c1-13-18-8-14(10-20(13,2)3)12-22(18)19(23)9-15-11-21-17-7-5-4-6-16(15)17/h4-7,11,13-14,18,21H,8-10,12H2,1-3H3/t13-,14-,18+/m0/s1. The molecular weight excluding hydrogens is 284 g/mol. The molecule has 23 heavy (non-hydrogen) atoms. The molecule has 0 radical (unpaired) electrons. The van der Waals surface area contributed by atoms with E-state index in [2.05, 4.69) is 42.8 Å². The van der Waals surface area contributed by atoms with Crippen LogP contribution < -0.4 is 0 Å². The lowest BCUT2D eigenvalue weighted by Gasteiger charge is -2.42. The molecule has 2 fully saturated rings. The van der Waals surface area contributed by atoms with Gasteiger partial charge in [-0.3, -0.25) is 4.79 Å². The highest BCUT2D eigenvalue weighted by molar-refractivity contribution is 5.89. The van der Waals surface area contributed by atoms with E-state index in [4.69, 9.17) is 0 Å². The summed E-state index contributed by atoms with van der Waals surface area (Å²) in [6, 6.07) is 8.66. The third-order valence-electron chi connectivity index (χ3n) is 6.39. The summed E-state index contributed by atoms with van der Waals surface area (Å²) in [5.41, 5.74) is 2.59. The highest BCUT2D eigenvalue weighted by Gasteiger charge is 2.49. The van der Waals surface area contributed by atoms with E-state index in [1.807, 2.05) is 18.3 Å². The molecule has 122 valence electrons. The van der Waals surface area contributed by atoms with Crippen LogP contribution in [0.3, 0.4) is 0 Å². The van der Waals surface area contributed by atoms with E-state index in [9.17, 15) is 4.79 Å². The monoisotopic (exact) mass is 310 g/mol. The van der Waals surface area contributed by atoms with Crippen molar-refractivity contribution in [3.05, 3.63) is 36.0 Å². The topological polar surface area (TPSA) is 36.1 Å². The summed E-state index contributed by atoms with van der Waals surface area (Å²) in [5, 5.41) is 1.18. The molecule has 3 nitrogen and oxygen atoms in total. The third-order valence-corrected chi connectivity index (χ3v) is 6.39. The third kappa shape index (κ3) is 2.37. The number of carbonyl (C=O) groups excluding carboxylic acids is 1. The van der Waals surface area contributed by atoms with Gasteiger partial charge in [-0.25, -0.2) is 0 Å². The average molecular weight is 310 g/mol. The maximum atomic E-state index is 13.0. The van der Waals surface area contributed by atoms with Crippen molar-refractivity contribution in [2.45, 2.75) is 46.1 Å². The summed E-state index contributed by atoms with van der Waals surface area (Å²) < 4.78 is 0. The average Bonchev–Trinajstić information content (AvgIpc) is 3.08. The van der Waals surface area contributed by atoms with Crippen LogP contribution in [0.2, 0.25) is 0 Å². The first-order valence-electron chi connectivity index (χ1n) is 8.80. The van der Waals surface area contributed by atoms with Crippen LogP contribution in [0, 0.1) is 17.3 Å². The molecule has 1 N–H and O–H groups in total. The molecule has 2 bridgehead atoms. The second-order valence-corrected chi connectivity index (χ2v) is 8.23. The van der Waals surface area contributed by atoms with Crippen molar-refractivity contribution in [3.63, 3.8) is 0 Å². The van der Waals surface area contributed by atoms with E-state index in [0.717, 1.165) is 17.6 Å². The molecule has 2 aromatic rings. The predicted molar refractivity (Wildman–Crippen MR) is 93.2 cm³/mol. The molecule has 0 spiro atoms. The number of amides is 1. The minimum atomic E-state index is 0.298. The van der Waals surface area contributed by atoms with Crippen LogP contribution >= 0.6 is 0 Å². The molecule has 1 saturated heterocycles. The number of hydrogen-bond donors (Lipinski definition) is 1. The van der Waals surface area contributed by atoms with Gasteiger partial charge in [0.1, 0.15) is 0 Å². The van der Waals surface area contributed by atoms with E-state index < -0.39 is 0 Å². The molecule has 1 saturated carbocycles. The predicted octanol–water partition coefficient (Wildman–Crippen LogP) is 3.99. The minimum Gasteiger partial charge on any atom is -0.361 e. The fourth-order valence-corrected chi connectivity index (χ4v) is 4.86. The zero-order valence-electron chi connectivity index (χ0n) is 14.3. The number of nitrogens with zero attached hydrogens (tertiary/aromatic N) is 1. The first-order chi connectivity index (χ1) is 11.0. The van der Waals surface area contributed by atoms with E-state index in [-0.39, 0.29) is 0 Å². The van der Waals surface area contributed by atoms with Gasteiger partial charge in [0.25, 0.3) is 0 Å². The number of H-pyrrole nitrogens is 1. The van der Waals surface area contributed by atoms with E-state index >= 15 is 0 Å². The number of carbonyl (C=O) groups is 1. The van der Waals surface area contributed by atoms with Crippen molar-refractivity contribution >= 4 is 16.8 Å². The van der Waals surface area contributed by atoms with E-state index in [1.165, 1.54) is 18.2 Å². The minimum absolute atomic E-state index is 0.298. The van der Waals surface area contributed by atoms with E-state index in [0.29, 0.717) is 35.6 Å². The zero-order valence-corrected chi connectivity index (χ0v) is 14.3. The Kier molecular flexibility index (Phi) is 3.29. The zero-order chi connectivity index (χ0) is 16.2. The Labute approximate surface area is 138 Å². The molecule has 1 aromatic heterocycles. The van der Waals surface area contributed by atoms with Crippen LogP contribution in [0.4, 0.5) is 0 Å². The number of aromatic amines is 1. The van der Waals surface area contributed by atoms with Gasteiger partial charge < -0.3 is 9.88 Å². The quantitative estimate of drug-likeness (QED) is 0.894. The molecule has 1 aliphatic carbocycles. The Morgan fingerprint density at radius 1 is 1.35 bits per heavy atom. The van der Waals surface area contributed by atoms with Gasteiger partial charge in [-0.2, -0.15) is 0 Å². The fraction of sp³-hybridized carbons (Fsp3) is 0.550. The number of fused-ring (bicyclic) bond motifs is 3. The molecule has 3 heteroatoms. The number of hydrogen-bond acceptors (Lipinski definition) is 1. The summed E-state index contributed by atoms with van der Waals surface area (Å²) >= 11 is 0. The Hall–Kier alpha value is -1.77. The Morgan fingerprint density at radius 2 is 2.13 bits per heavy atom. The van der Waals surface area contributed by atoms with Gasteiger partial charge in [0, 0.05) is 29.7 Å². The Balaban J connectivity index is 1.56. The Bertz CT molecular complexity index is 745. The number of aromatic nitrogens is 1. The summed E-state index contributed by atoms with van der Waals surface area (Å²) in [6.07, 6.45) is 4.96. The second kappa shape index (κ2) is 5.12. The van der Waals surface area contributed by atoms with Gasteiger partial charge >= 0.3 is 0 Å². The molecule has 1 aliphatic heterocycles. The number of likely N-dealkylation sites (tertiary alicyclic amines) is 1. The first-order valence-corrected chi connectivity index (χ1v) is 8.80. The highest BCUT2D eigenvalue weighted by Crippen LogP contribution is 2.49. The number of rotatable bonds is 2. The van der Waals surface area contributed by atoms with Gasteiger partial charge in [-0.05, 0) is 41.7 Å². The van der Waals surface area contributed by atoms with Gasteiger partial charge in [0.2, 0.25) is 5.91 Å². The SMILES string of the molecule is C[C@H]1[C@H]2C[C@H](CN2C(=O)Cc2c[nH]c3ccccc23)CC1(C)C. The van der Waals surface area contributed by atoms with Crippen molar-refractivity contribution < 1.29 is 4.79 Å². The van der Waals surface area contributed by atoms with Gasteiger partial charge in [0.05, 0.1) is 6.42 Å². The first kappa shape index (κ1) is 14.8. The van der Waals surface area contributed by atoms with Crippen molar-refractivity contribution in [2.24, 2.45) is 17.3 Å². The van der Waals surface area contributed by atoms with E-state index in [1.54, 1.807) is 0 Å². The lowest BCUT2D eigenvalue weighted by molar-refractivity contribution is -0.132. The van der Waals surface area contributed by atoms with Gasteiger partial charge in [-0.1, -0.05) is 39.0 Å². The van der Waals surface area contributed by atoms with Gasteiger partial charge in [-0.15, -0.1) is 0 Å². The summed E-state index contributed by atoms with van der Waals surface area (Å²) in [4.78, 5) is 18.4. The molecule has 1 aromatic carbocycles. The highest BCUT2D eigenvalue weighted by atomic mass is 16.2. The van der Waals surface area contributed by atoms with Crippen LogP contribution in [-0.2, 0) is 11.2 Å². The van der Waals surface area contributed by atoms with Crippen molar-refractivity contribution in [3.8, 4) is 0 Å². The molecular formula is C20H26N2O. The van der Waals surface area contributed by atoms with Crippen molar-refractivity contribution in [1.82, 2.24) is 9.88 Å². The molecule has 2 heterocycles. The smallest absolute Gasteiger partial charge is 0.227 e. The maximum absolute atomic E-state index is 13.0. The lowest BCUT2D eigenvalue weighted by Crippen LogP contribution is -2.44. The molecule has 1 amide bonds. The summed E-state index contributed by atoms with van der Waals surface area (Å²) in [7, 11) is 0. The molecule has 2 aliphatic rings. The second-order valence-electron chi connectivity index (χ2n) is 8.23. The van der Waals surface area contributed by atoms with Gasteiger partial charge in [0.15, 0.2) is 0 Å². The van der Waals surface area contributed by atoms with Crippen LogP contribution in [0.15, 0.2) is 30.5 Å². The fourth-order valence-electron chi connectivity index (χ4n) is 4.86. The van der Waals surface area contributed by atoms with Crippen molar-refractivity contribution in [2.75, 3.05) is 6.54 Å². The molecule has 0 unspecified atom stereocenters. The van der Waals surface area contributed by atoms with Crippen LogP contribution in [-0.4, -0.2) is 28.4 Å².